The van der Waals surface area contributed by atoms with Gasteiger partial charge in [0.25, 0.3) is 6.10 Å². The van der Waals surface area contributed by atoms with E-state index in [1.165, 1.54) is 6.20 Å². The van der Waals surface area contributed by atoms with Crippen molar-refractivity contribution >= 4 is 34.4 Å². The number of hydrogen-bond donors (Lipinski definition) is 4. The smallest absolute Gasteiger partial charge is 0.354 e. The normalized spacial score (nSPS) is 15.1. The molecule has 2 heterocycles. The Hall–Kier alpha value is -4.95. The Morgan fingerprint density at radius 3 is 2.81 bits per heavy atom. The first-order chi connectivity index (χ1) is 17.9. The van der Waals surface area contributed by atoms with Gasteiger partial charge >= 0.3 is 5.97 Å². The number of aliphatic carboxylic acids is 1. The molecule has 1 fully saturated rings. The Morgan fingerprint density at radius 1 is 1.30 bits per heavy atom. The summed E-state index contributed by atoms with van der Waals surface area (Å²) in [6.45, 7) is 0.541. The van der Waals surface area contributed by atoms with Crippen LogP contribution in [0.4, 0.5) is 5.69 Å². The van der Waals surface area contributed by atoms with Crippen LogP contribution in [0.15, 0.2) is 77.6 Å². The molecule has 186 valence electrons. The standard InChI is InChI=1S/C27H25N7O3/c1-34-23-10-7-17(13-22(23)33-24(34)15-31-19-8-5-16(6-9-19)26(28)29)20-12-18(20)14-32-37-25(27(35)36)21-4-2-3-11-30-21/h2-11,13,20,25,31H,12,15H2,1H3,(H3,28,29)(H,35,36). The molecule has 1 aliphatic carbocycles. The fourth-order valence-electron chi connectivity index (χ4n) is 4.09. The molecular formula is C27H25N7O3. The first-order valence-corrected chi connectivity index (χ1v) is 11.7. The summed E-state index contributed by atoms with van der Waals surface area (Å²) < 4.78 is 2.05. The number of aryl methyl sites for hydroxylation is 1. The number of carboxylic acids is 1. The molecule has 37 heavy (non-hydrogen) atoms. The highest BCUT2D eigenvalue weighted by molar-refractivity contribution is 5.95. The van der Waals surface area contributed by atoms with Gasteiger partial charge in [-0.15, -0.1) is 0 Å². The molecule has 5 N–H and O–H groups in total. The van der Waals surface area contributed by atoms with Gasteiger partial charge in [0.15, 0.2) is 0 Å². The molecule has 0 radical (unpaired) electrons. The third-order valence-corrected chi connectivity index (χ3v) is 6.26. The van der Waals surface area contributed by atoms with E-state index in [0.717, 1.165) is 40.1 Å². The maximum atomic E-state index is 11.5. The van der Waals surface area contributed by atoms with E-state index in [2.05, 4.69) is 38.0 Å². The molecule has 1 saturated carbocycles. The Kier molecular flexibility index (Phi) is 6.40. The van der Waals surface area contributed by atoms with Crippen molar-refractivity contribution in [2.45, 2.75) is 25.0 Å². The lowest BCUT2D eigenvalue weighted by atomic mass is 10.1. The van der Waals surface area contributed by atoms with Crippen molar-refractivity contribution in [3.05, 3.63) is 95.1 Å². The van der Waals surface area contributed by atoms with Crippen LogP contribution in [0.2, 0.25) is 0 Å². The second kappa shape index (κ2) is 9.96. The minimum Gasteiger partial charge on any atom is -0.478 e. The number of benzene rings is 2. The van der Waals surface area contributed by atoms with Crippen LogP contribution in [0, 0.1) is 5.41 Å². The van der Waals surface area contributed by atoms with Gasteiger partial charge in [-0.2, -0.15) is 0 Å². The number of nitrogens with zero attached hydrogens (tertiary/aromatic N) is 4. The molecular weight excluding hydrogens is 470 g/mol. The monoisotopic (exact) mass is 495 g/mol. The van der Waals surface area contributed by atoms with Gasteiger partial charge in [0.1, 0.15) is 11.7 Å². The van der Waals surface area contributed by atoms with Crippen molar-refractivity contribution in [2.24, 2.45) is 17.9 Å². The van der Waals surface area contributed by atoms with Gasteiger partial charge in [-0.1, -0.05) is 12.1 Å². The van der Waals surface area contributed by atoms with Crippen LogP contribution < -0.4 is 11.1 Å². The molecule has 0 aliphatic heterocycles. The quantitative estimate of drug-likeness (QED) is 0.157. The molecule has 0 saturated heterocycles. The molecule has 2 aromatic heterocycles. The Balaban J connectivity index is 1.26. The molecule has 2 aromatic carbocycles. The highest BCUT2D eigenvalue weighted by atomic mass is 16.6. The second-order valence-corrected chi connectivity index (χ2v) is 8.74. The molecule has 0 amide bonds. The number of fused-ring (bicyclic) bond motifs is 1. The van der Waals surface area contributed by atoms with E-state index >= 15 is 0 Å². The Morgan fingerprint density at radius 2 is 2.11 bits per heavy atom. The van der Waals surface area contributed by atoms with E-state index in [0.29, 0.717) is 12.1 Å². The molecule has 5 rings (SSSR count). The van der Waals surface area contributed by atoms with E-state index in [4.69, 9.17) is 21.0 Å². The zero-order chi connectivity index (χ0) is 25.9. The van der Waals surface area contributed by atoms with Gasteiger partial charge < -0.3 is 25.6 Å². The van der Waals surface area contributed by atoms with Crippen molar-refractivity contribution in [3.63, 3.8) is 0 Å². The molecule has 0 spiro atoms. The Labute approximate surface area is 212 Å². The van der Waals surface area contributed by atoms with Crippen molar-refractivity contribution in [2.75, 3.05) is 5.32 Å². The van der Waals surface area contributed by atoms with Gasteiger partial charge in [0.05, 0.1) is 23.3 Å². The predicted octanol–water partition coefficient (Wildman–Crippen LogP) is 3.71. The number of carbonyl (C=O) groups is 1. The van der Waals surface area contributed by atoms with Crippen LogP contribution in [0.1, 0.15) is 41.1 Å². The molecule has 10 heteroatoms. The van der Waals surface area contributed by atoms with Gasteiger partial charge in [-0.05, 0) is 65.7 Å². The topological polar surface area (TPSA) is 152 Å². The lowest BCUT2D eigenvalue weighted by Crippen LogP contribution is -2.14. The zero-order valence-corrected chi connectivity index (χ0v) is 20.0. The first-order valence-electron chi connectivity index (χ1n) is 11.7. The molecule has 2 unspecified atom stereocenters. The number of hydrogen-bond acceptors (Lipinski definition) is 7. The number of carboxylic acid groups (broad SMARTS) is 1. The van der Waals surface area contributed by atoms with Crippen molar-refractivity contribution < 1.29 is 14.7 Å². The SMILES string of the molecule is Cn1c(CNc2ccc(C(=N)N)cc2)nc2cc(C3CC3=C=NOC(C(=O)O)c3ccccn3)ccc21. The number of pyridine rings is 1. The largest absolute Gasteiger partial charge is 0.478 e. The second-order valence-electron chi connectivity index (χ2n) is 8.74. The van der Waals surface area contributed by atoms with Gasteiger partial charge in [0, 0.05) is 41.9 Å². The van der Waals surface area contributed by atoms with Gasteiger partial charge in [0.2, 0.25) is 0 Å². The van der Waals surface area contributed by atoms with Gasteiger partial charge in [-0.25, -0.2) is 9.78 Å². The van der Waals surface area contributed by atoms with Crippen LogP contribution >= 0.6 is 0 Å². The van der Waals surface area contributed by atoms with E-state index in [1.54, 1.807) is 30.3 Å². The number of aromatic nitrogens is 3. The summed E-state index contributed by atoms with van der Waals surface area (Å²) in [5, 5.41) is 24.1. The number of anilines is 1. The van der Waals surface area contributed by atoms with Crippen LogP contribution in [-0.2, 0) is 23.2 Å². The third kappa shape index (κ3) is 5.19. The Bertz CT molecular complexity index is 1540. The maximum Gasteiger partial charge on any atom is 0.354 e. The number of amidine groups is 1. The number of allylic oxidation sites excluding steroid dienone is 1. The fourth-order valence-corrected chi connectivity index (χ4v) is 4.09. The predicted molar refractivity (Wildman–Crippen MR) is 140 cm³/mol. The summed E-state index contributed by atoms with van der Waals surface area (Å²) >= 11 is 0. The van der Waals surface area contributed by atoms with Crippen molar-refractivity contribution in [1.82, 2.24) is 14.5 Å². The highest BCUT2D eigenvalue weighted by Gasteiger charge is 2.32. The summed E-state index contributed by atoms with van der Waals surface area (Å²) in [4.78, 5) is 25.5. The lowest BCUT2D eigenvalue weighted by molar-refractivity contribution is -0.151. The number of rotatable bonds is 9. The lowest BCUT2D eigenvalue weighted by Gasteiger charge is -2.07. The average molecular weight is 496 g/mol. The van der Waals surface area contributed by atoms with Crippen molar-refractivity contribution in [3.8, 4) is 0 Å². The van der Waals surface area contributed by atoms with E-state index in [-0.39, 0.29) is 17.4 Å². The highest BCUT2D eigenvalue weighted by Crippen LogP contribution is 2.45. The maximum absolute atomic E-state index is 11.5. The summed E-state index contributed by atoms with van der Waals surface area (Å²) in [5.41, 5.74) is 11.3. The number of nitrogens with two attached hydrogens (primary N) is 1. The summed E-state index contributed by atoms with van der Waals surface area (Å²) in [7, 11) is 1.98. The molecule has 4 aromatic rings. The zero-order valence-electron chi connectivity index (χ0n) is 20.0. The third-order valence-electron chi connectivity index (χ3n) is 6.26. The van der Waals surface area contributed by atoms with Crippen molar-refractivity contribution in [1.29, 1.82) is 5.41 Å². The minimum atomic E-state index is -1.28. The summed E-state index contributed by atoms with van der Waals surface area (Å²) in [6.07, 6.45) is 1.00. The van der Waals surface area contributed by atoms with E-state index in [9.17, 15) is 9.90 Å². The number of nitrogens with one attached hydrogen (secondary N) is 2. The molecule has 0 bridgehead atoms. The summed E-state index contributed by atoms with van der Waals surface area (Å²) in [5.74, 6) is 2.76. The fraction of sp³-hybridized carbons (Fsp3) is 0.185. The minimum absolute atomic E-state index is 0.0408. The van der Waals surface area contributed by atoms with Crippen LogP contribution in [0.3, 0.4) is 0 Å². The van der Waals surface area contributed by atoms with E-state index < -0.39 is 12.1 Å². The average Bonchev–Trinajstić information content (AvgIpc) is 3.61. The summed E-state index contributed by atoms with van der Waals surface area (Å²) in [6, 6.07) is 18.5. The van der Waals surface area contributed by atoms with Gasteiger partial charge in [-0.3, -0.25) is 10.4 Å². The number of nitrogen functional groups attached to an aromatic ring is 1. The molecule has 2 atom stereocenters. The van der Waals surface area contributed by atoms with Crippen LogP contribution in [0.5, 0.6) is 0 Å². The molecule has 1 aliphatic rings. The van der Waals surface area contributed by atoms with E-state index in [1.807, 2.05) is 25.2 Å². The van der Waals surface area contributed by atoms with Crippen LogP contribution in [0.25, 0.3) is 11.0 Å². The molecule has 10 nitrogen and oxygen atoms in total. The first kappa shape index (κ1) is 23.8. The number of imidazole rings is 1. The van der Waals surface area contributed by atoms with Crippen LogP contribution in [-0.4, -0.2) is 37.3 Å².